The largest absolute Gasteiger partial charge is 0.329 e. The molecule has 110 valence electrons. The minimum atomic E-state index is 0. The molecule has 2 heterocycles. The number of hydrogen-bond acceptors (Lipinski definition) is 4. The SMILES string of the molecule is CC(C)(C)n1cc(CN2CCCCC2CN)nn1.Cl. The van der Waals surface area contributed by atoms with Gasteiger partial charge >= 0.3 is 0 Å². The second kappa shape index (κ2) is 6.68. The number of nitrogens with two attached hydrogens (primary N) is 1. The second-order valence-corrected chi connectivity index (χ2v) is 6.18. The third-order valence-corrected chi connectivity index (χ3v) is 3.61. The van der Waals surface area contributed by atoms with Gasteiger partial charge in [-0.05, 0) is 40.2 Å². The predicted octanol–water partition coefficient (Wildman–Crippen LogP) is 1.77. The van der Waals surface area contributed by atoms with Gasteiger partial charge in [0.1, 0.15) is 0 Å². The van der Waals surface area contributed by atoms with Crippen LogP contribution in [0.3, 0.4) is 0 Å². The number of halogens is 1. The Kier molecular flexibility index (Phi) is 5.77. The molecule has 1 aromatic rings. The fraction of sp³-hybridized carbons (Fsp3) is 0.846. The van der Waals surface area contributed by atoms with Crippen LogP contribution in [0.15, 0.2) is 6.20 Å². The predicted molar refractivity (Wildman–Crippen MR) is 79.4 cm³/mol. The van der Waals surface area contributed by atoms with Crippen molar-refractivity contribution in [2.45, 2.75) is 58.2 Å². The zero-order valence-electron chi connectivity index (χ0n) is 12.2. The minimum absolute atomic E-state index is 0. The van der Waals surface area contributed by atoms with Gasteiger partial charge < -0.3 is 5.73 Å². The summed E-state index contributed by atoms with van der Waals surface area (Å²) in [5, 5.41) is 8.49. The Labute approximate surface area is 121 Å². The molecule has 5 nitrogen and oxygen atoms in total. The molecule has 19 heavy (non-hydrogen) atoms. The maximum Gasteiger partial charge on any atom is 0.0967 e. The van der Waals surface area contributed by atoms with Crippen LogP contribution in [0.25, 0.3) is 0 Å². The molecule has 0 aliphatic carbocycles. The van der Waals surface area contributed by atoms with Crippen LogP contribution in [-0.2, 0) is 12.1 Å². The quantitative estimate of drug-likeness (QED) is 0.920. The van der Waals surface area contributed by atoms with E-state index in [1.807, 2.05) is 4.68 Å². The highest BCUT2D eigenvalue weighted by atomic mass is 35.5. The van der Waals surface area contributed by atoms with E-state index in [-0.39, 0.29) is 17.9 Å². The van der Waals surface area contributed by atoms with E-state index >= 15 is 0 Å². The molecule has 1 saturated heterocycles. The Hall–Kier alpha value is -0.650. The van der Waals surface area contributed by atoms with Crippen molar-refractivity contribution in [3.05, 3.63) is 11.9 Å². The zero-order valence-corrected chi connectivity index (χ0v) is 13.0. The van der Waals surface area contributed by atoms with E-state index in [0.717, 1.165) is 25.3 Å². The molecule has 0 aromatic carbocycles. The van der Waals surface area contributed by atoms with Crippen LogP contribution >= 0.6 is 12.4 Å². The lowest BCUT2D eigenvalue weighted by atomic mass is 10.0. The van der Waals surface area contributed by atoms with Gasteiger partial charge in [0.15, 0.2) is 0 Å². The third kappa shape index (κ3) is 4.16. The van der Waals surface area contributed by atoms with Gasteiger partial charge in [-0.1, -0.05) is 11.6 Å². The maximum absolute atomic E-state index is 5.84. The fourth-order valence-corrected chi connectivity index (χ4v) is 2.44. The molecule has 0 saturated carbocycles. The number of piperidine rings is 1. The lowest BCUT2D eigenvalue weighted by molar-refractivity contribution is 0.143. The fourth-order valence-electron chi connectivity index (χ4n) is 2.44. The maximum atomic E-state index is 5.84. The van der Waals surface area contributed by atoms with Gasteiger partial charge in [-0.15, -0.1) is 17.5 Å². The van der Waals surface area contributed by atoms with Crippen LogP contribution in [-0.4, -0.2) is 39.0 Å². The average Bonchev–Trinajstić information content (AvgIpc) is 2.78. The monoisotopic (exact) mass is 287 g/mol. The van der Waals surface area contributed by atoms with Crippen LogP contribution in [0.2, 0.25) is 0 Å². The Morgan fingerprint density at radius 2 is 2.11 bits per heavy atom. The van der Waals surface area contributed by atoms with E-state index < -0.39 is 0 Å². The lowest BCUT2D eigenvalue weighted by Crippen LogP contribution is -2.43. The summed E-state index contributed by atoms with van der Waals surface area (Å²) in [5.41, 5.74) is 6.89. The molecule has 0 spiro atoms. The molecule has 2 rings (SSSR count). The highest BCUT2D eigenvalue weighted by Gasteiger charge is 2.23. The summed E-state index contributed by atoms with van der Waals surface area (Å²) in [7, 11) is 0. The smallest absolute Gasteiger partial charge is 0.0967 e. The van der Waals surface area contributed by atoms with E-state index in [1.54, 1.807) is 0 Å². The van der Waals surface area contributed by atoms with Crippen molar-refractivity contribution in [2.75, 3.05) is 13.1 Å². The van der Waals surface area contributed by atoms with E-state index in [0.29, 0.717) is 6.04 Å². The Morgan fingerprint density at radius 3 is 2.68 bits per heavy atom. The van der Waals surface area contributed by atoms with Gasteiger partial charge in [-0.25, -0.2) is 4.68 Å². The lowest BCUT2D eigenvalue weighted by Gasteiger charge is -2.34. The molecule has 1 unspecified atom stereocenters. The normalized spacial score (nSPS) is 21.2. The first-order valence-corrected chi connectivity index (χ1v) is 6.86. The first-order valence-electron chi connectivity index (χ1n) is 6.86. The average molecular weight is 288 g/mol. The summed E-state index contributed by atoms with van der Waals surface area (Å²) in [6, 6.07) is 0.513. The van der Waals surface area contributed by atoms with Crippen LogP contribution in [0.1, 0.15) is 45.7 Å². The molecule has 1 aliphatic heterocycles. The van der Waals surface area contributed by atoms with E-state index in [9.17, 15) is 0 Å². The molecule has 0 bridgehead atoms. The molecule has 1 fully saturated rings. The van der Waals surface area contributed by atoms with Gasteiger partial charge in [0.25, 0.3) is 0 Å². The number of hydrogen-bond donors (Lipinski definition) is 1. The van der Waals surface area contributed by atoms with Gasteiger partial charge in [0, 0.05) is 19.1 Å². The van der Waals surface area contributed by atoms with Crippen molar-refractivity contribution in [1.82, 2.24) is 19.9 Å². The molecule has 2 N–H and O–H groups in total. The van der Waals surface area contributed by atoms with Crippen LogP contribution < -0.4 is 5.73 Å². The molecule has 1 aromatic heterocycles. The van der Waals surface area contributed by atoms with Gasteiger partial charge in [-0.3, -0.25) is 4.90 Å². The van der Waals surface area contributed by atoms with Crippen LogP contribution in [0, 0.1) is 0 Å². The van der Waals surface area contributed by atoms with Gasteiger partial charge in [0.2, 0.25) is 0 Å². The van der Waals surface area contributed by atoms with Crippen molar-refractivity contribution in [2.24, 2.45) is 5.73 Å². The second-order valence-electron chi connectivity index (χ2n) is 6.18. The van der Waals surface area contributed by atoms with Gasteiger partial charge in [0.05, 0.1) is 17.4 Å². The minimum Gasteiger partial charge on any atom is -0.329 e. The topological polar surface area (TPSA) is 60.0 Å². The summed E-state index contributed by atoms with van der Waals surface area (Å²) < 4.78 is 1.93. The molecule has 0 radical (unpaired) electrons. The highest BCUT2D eigenvalue weighted by Crippen LogP contribution is 2.19. The van der Waals surface area contributed by atoms with Crippen molar-refractivity contribution < 1.29 is 0 Å². The summed E-state index contributed by atoms with van der Waals surface area (Å²) >= 11 is 0. The van der Waals surface area contributed by atoms with Crippen molar-refractivity contribution in [3.8, 4) is 0 Å². The molecular formula is C13H26ClN5. The number of nitrogens with zero attached hydrogens (tertiary/aromatic N) is 4. The highest BCUT2D eigenvalue weighted by molar-refractivity contribution is 5.85. The third-order valence-electron chi connectivity index (χ3n) is 3.61. The van der Waals surface area contributed by atoms with Crippen molar-refractivity contribution >= 4 is 12.4 Å². The Morgan fingerprint density at radius 1 is 1.37 bits per heavy atom. The summed E-state index contributed by atoms with van der Waals surface area (Å²) in [6.07, 6.45) is 5.84. The number of likely N-dealkylation sites (tertiary alicyclic amines) is 1. The number of rotatable bonds is 3. The van der Waals surface area contributed by atoms with Crippen molar-refractivity contribution in [1.29, 1.82) is 0 Å². The van der Waals surface area contributed by atoms with Crippen LogP contribution in [0.4, 0.5) is 0 Å². The van der Waals surface area contributed by atoms with E-state index in [2.05, 4.69) is 42.2 Å². The Bertz CT molecular complexity index is 385. The molecular weight excluding hydrogens is 262 g/mol. The summed E-state index contributed by atoms with van der Waals surface area (Å²) in [6.45, 7) is 9.15. The molecule has 1 atom stereocenters. The zero-order chi connectivity index (χ0) is 13.2. The standard InChI is InChI=1S/C13H25N5.ClH/c1-13(2,3)18-10-11(15-16-18)9-17-7-5-4-6-12(17)8-14;/h10,12H,4-9,14H2,1-3H3;1H. The summed E-state index contributed by atoms with van der Waals surface area (Å²) in [5.74, 6) is 0. The van der Waals surface area contributed by atoms with E-state index in [4.69, 9.17) is 5.73 Å². The first kappa shape index (κ1) is 16.4. The van der Waals surface area contributed by atoms with E-state index in [1.165, 1.54) is 19.3 Å². The molecule has 6 heteroatoms. The molecule has 1 aliphatic rings. The van der Waals surface area contributed by atoms with Crippen molar-refractivity contribution in [3.63, 3.8) is 0 Å². The first-order chi connectivity index (χ1) is 8.50. The molecule has 0 amide bonds. The Balaban J connectivity index is 0.00000180. The number of aromatic nitrogens is 3. The summed E-state index contributed by atoms with van der Waals surface area (Å²) in [4.78, 5) is 2.44. The van der Waals surface area contributed by atoms with Gasteiger partial charge in [-0.2, -0.15) is 0 Å². The van der Waals surface area contributed by atoms with Crippen LogP contribution in [0.5, 0.6) is 0 Å².